The third-order valence-electron chi connectivity index (χ3n) is 3.12. The van der Waals surface area contributed by atoms with E-state index in [0.717, 1.165) is 0 Å². The average Bonchev–Trinajstić information content (AvgIpc) is 2.60. The standard InChI is InChI=1S/C19H18N2O4/c1-13(2)25-16-9-7-14(8-10-16)19(23)24-12-18(22)21-17-6-4-3-5-15(17)11-20/h3-10,13H,12H2,1-2H3,(H,21,22). The second kappa shape index (κ2) is 8.50. The summed E-state index contributed by atoms with van der Waals surface area (Å²) in [6, 6.07) is 15.0. The minimum atomic E-state index is -0.611. The zero-order valence-corrected chi connectivity index (χ0v) is 14.0. The van der Waals surface area contributed by atoms with Crippen molar-refractivity contribution >= 4 is 17.6 Å². The normalized spacial score (nSPS) is 10.0. The summed E-state index contributed by atoms with van der Waals surface area (Å²) >= 11 is 0. The molecule has 0 unspecified atom stereocenters. The molecule has 6 heteroatoms. The minimum absolute atomic E-state index is 0.0396. The van der Waals surface area contributed by atoms with Crippen LogP contribution in [0.25, 0.3) is 0 Å². The van der Waals surface area contributed by atoms with Gasteiger partial charge in [-0.3, -0.25) is 4.79 Å². The molecule has 0 fully saturated rings. The van der Waals surface area contributed by atoms with Crippen LogP contribution in [0.5, 0.6) is 5.75 Å². The summed E-state index contributed by atoms with van der Waals surface area (Å²) in [5.74, 6) is -0.479. The number of para-hydroxylation sites is 1. The molecule has 25 heavy (non-hydrogen) atoms. The Balaban J connectivity index is 1.89. The van der Waals surface area contributed by atoms with Gasteiger partial charge < -0.3 is 14.8 Å². The molecule has 0 aliphatic heterocycles. The third-order valence-corrected chi connectivity index (χ3v) is 3.12. The second-order valence-electron chi connectivity index (χ2n) is 5.47. The molecule has 0 spiro atoms. The predicted molar refractivity (Wildman–Crippen MR) is 92.3 cm³/mol. The third kappa shape index (κ3) is 5.36. The molecule has 0 atom stereocenters. The molecule has 6 nitrogen and oxygen atoms in total. The zero-order chi connectivity index (χ0) is 18.2. The maximum Gasteiger partial charge on any atom is 0.338 e. The van der Waals surface area contributed by atoms with E-state index < -0.39 is 18.5 Å². The topological polar surface area (TPSA) is 88.4 Å². The number of nitrogens with zero attached hydrogens (tertiary/aromatic N) is 1. The first-order valence-electron chi connectivity index (χ1n) is 7.72. The lowest BCUT2D eigenvalue weighted by atomic mass is 10.2. The van der Waals surface area contributed by atoms with E-state index in [-0.39, 0.29) is 6.10 Å². The Hall–Kier alpha value is -3.33. The van der Waals surface area contributed by atoms with E-state index in [2.05, 4.69) is 5.32 Å². The molecule has 1 amide bonds. The van der Waals surface area contributed by atoms with Crippen molar-refractivity contribution in [2.45, 2.75) is 20.0 Å². The van der Waals surface area contributed by atoms with Gasteiger partial charge in [0.25, 0.3) is 5.91 Å². The van der Waals surface area contributed by atoms with Crippen molar-refractivity contribution in [2.75, 3.05) is 11.9 Å². The summed E-state index contributed by atoms with van der Waals surface area (Å²) in [4.78, 5) is 23.8. The number of anilines is 1. The highest BCUT2D eigenvalue weighted by Crippen LogP contribution is 2.15. The van der Waals surface area contributed by atoms with Gasteiger partial charge >= 0.3 is 5.97 Å². The maximum absolute atomic E-state index is 12.0. The predicted octanol–water partition coefficient (Wildman–Crippen LogP) is 3.14. The molecular weight excluding hydrogens is 320 g/mol. The number of hydrogen-bond donors (Lipinski definition) is 1. The van der Waals surface area contributed by atoms with Crippen molar-refractivity contribution in [1.82, 2.24) is 0 Å². The largest absolute Gasteiger partial charge is 0.491 e. The van der Waals surface area contributed by atoms with Gasteiger partial charge in [-0.2, -0.15) is 5.26 Å². The number of amides is 1. The lowest BCUT2D eigenvalue weighted by molar-refractivity contribution is -0.119. The summed E-state index contributed by atoms with van der Waals surface area (Å²) in [6.45, 7) is 3.37. The number of carbonyl (C=O) groups excluding carboxylic acids is 2. The van der Waals surface area contributed by atoms with Crippen LogP contribution < -0.4 is 10.1 Å². The van der Waals surface area contributed by atoms with Crippen LogP contribution in [0, 0.1) is 11.3 Å². The summed E-state index contributed by atoms with van der Waals surface area (Å²) < 4.78 is 10.5. The Morgan fingerprint density at radius 2 is 1.80 bits per heavy atom. The van der Waals surface area contributed by atoms with Crippen molar-refractivity contribution < 1.29 is 19.1 Å². The Morgan fingerprint density at radius 1 is 1.12 bits per heavy atom. The molecular formula is C19H18N2O4. The summed E-state index contributed by atoms with van der Waals surface area (Å²) in [6.07, 6.45) is 0.0396. The molecule has 0 bridgehead atoms. The first-order valence-corrected chi connectivity index (χ1v) is 7.72. The van der Waals surface area contributed by atoms with Gasteiger partial charge in [0.2, 0.25) is 0 Å². The van der Waals surface area contributed by atoms with E-state index in [0.29, 0.717) is 22.6 Å². The molecule has 0 heterocycles. The van der Waals surface area contributed by atoms with Crippen molar-refractivity contribution in [3.8, 4) is 11.8 Å². The van der Waals surface area contributed by atoms with E-state index in [1.807, 2.05) is 19.9 Å². The van der Waals surface area contributed by atoms with Gasteiger partial charge in [-0.1, -0.05) is 12.1 Å². The molecule has 0 aromatic heterocycles. The zero-order valence-electron chi connectivity index (χ0n) is 14.0. The fraction of sp³-hybridized carbons (Fsp3) is 0.211. The summed E-state index contributed by atoms with van der Waals surface area (Å²) in [5, 5.41) is 11.5. The van der Waals surface area contributed by atoms with Crippen LogP contribution in [0.3, 0.4) is 0 Å². The number of carbonyl (C=O) groups is 2. The van der Waals surface area contributed by atoms with Gasteiger partial charge in [-0.15, -0.1) is 0 Å². The first kappa shape index (κ1) is 18.0. The van der Waals surface area contributed by atoms with E-state index in [1.165, 1.54) is 0 Å². The van der Waals surface area contributed by atoms with Crippen LogP contribution in [0.2, 0.25) is 0 Å². The Labute approximate surface area is 146 Å². The number of esters is 1. The summed E-state index contributed by atoms with van der Waals surface area (Å²) in [7, 11) is 0. The second-order valence-corrected chi connectivity index (χ2v) is 5.47. The number of nitrogens with one attached hydrogen (secondary N) is 1. The smallest absolute Gasteiger partial charge is 0.338 e. The quantitative estimate of drug-likeness (QED) is 0.818. The molecule has 1 N–H and O–H groups in total. The maximum atomic E-state index is 12.0. The molecule has 0 aliphatic carbocycles. The molecule has 0 saturated heterocycles. The van der Waals surface area contributed by atoms with Crippen LogP contribution in [0.15, 0.2) is 48.5 Å². The molecule has 2 aromatic carbocycles. The van der Waals surface area contributed by atoms with Crippen LogP contribution in [0.1, 0.15) is 29.8 Å². The highest BCUT2D eigenvalue weighted by atomic mass is 16.5. The van der Waals surface area contributed by atoms with Gasteiger partial charge in [-0.05, 0) is 50.2 Å². The van der Waals surface area contributed by atoms with E-state index in [1.54, 1.807) is 48.5 Å². The van der Waals surface area contributed by atoms with Gasteiger partial charge in [0, 0.05) is 0 Å². The van der Waals surface area contributed by atoms with Gasteiger partial charge in [0.1, 0.15) is 11.8 Å². The fourth-order valence-electron chi connectivity index (χ4n) is 2.03. The van der Waals surface area contributed by atoms with E-state index >= 15 is 0 Å². The Kier molecular flexibility index (Phi) is 6.13. The molecule has 0 radical (unpaired) electrons. The van der Waals surface area contributed by atoms with Gasteiger partial charge in [0.05, 0.1) is 22.9 Å². The van der Waals surface area contributed by atoms with Crippen LogP contribution in [-0.4, -0.2) is 24.6 Å². The average molecular weight is 338 g/mol. The highest BCUT2D eigenvalue weighted by Gasteiger charge is 2.12. The first-order chi connectivity index (χ1) is 12.0. The molecule has 2 rings (SSSR count). The Morgan fingerprint density at radius 3 is 2.44 bits per heavy atom. The van der Waals surface area contributed by atoms with Crippen molar-refractivity contribution in [1.29, 1.82) is 5.26 Å². The van der Waals surface area contributed by atoms with Crippen LogP contribution >= 0.6 is 0 Å². The lowest BCUT2D eigenvalue weighted by Gasteiger charge is -2.10. The lowest BCUT2D eigenvalue weighted by Crippen LogP contribution is -2.21. The van der Waals surface area contributed by atoms with Crippen molar-refractivity contribution in [2.24, 2.45) is 0 Å². The number of rotatable bonds is 6. The molecule has 0 aliphatic rings. The van der Waals surface area contributed by atoms with Crippen molar-refractivity contribution in [3.63, 3.8) is 0 Å². The number of ether oxygens (including phenoxy) is 2. The monoisotopic (exact) mass is 338 g/mol. The van der Waals surface area contributed by atoms with Crippen LogP contribution in [-0.2, 0) is 9.53 Å². The molecule has 0 saturated carbocycles. The highest BCUT2D eigenvalue weighted by molar-refractivity contribution is 5.96. The molecule has 128 valence electrons. The minimum Gasteiger partial charge on any atom is -0.491 e. The Bertz CT molecular complexity index is 792. The number of benzene rings is 2. The van der Waals surface area contributed by atoms with E-state index in [4.69, 9.17) is 14.7 Å². The van der Waals surface area contributed by atoms with E-state index in [9.17, 15) is 9.59 Å². The number of hydrogen-bond acceptors (Lipinski definition) is 5. The van der Waals surface area contributed by atoms with Crippen LogP contribution in [0.4, 0.5) is 5.69 Å². The van der Waals surface area contributed by atoms with Gasteiger partial charge in [0.15, 0.2) is 6.61 Å². The number of nitriles is 1. The SMILES string of the molecule is CC(C)Oc1ccc(C(=O)OCC(=O)Nc2ccccc2C#N)cc1. The molecule has 2 aromatic rings. The van der Waals surface area contributed by atoms with Crippen molar-refractivity contribution in [3.05, 3.63) is 59.7 Å². The summed E-state index contributed by atoms with van der Waals surface area (Å²) in [5.41, 5.74) is 1.03. The fourth-order valence-corrected chi connectivity index (χ4v) is 2.03. The van der Waals surface area contributed by atoms with Gasteiger partial charge in [-0.25, -0.2) is 4.79 Å².